The van der Waals surface area contributed by atoms with Crippen LogP contribution in [0.4, 0.5) is 0 Å². The second kappa shape index (κ2) is 9.23. The van der Waals surface area contributed by atoms with Crippen molar-refractivity contribution in [3.05, 3.63) is 95.5 Å². The van der Waals surface area contributed by atoms with Crippen molar-refractivity contribution in [1.29, 1.82) is 0 Å². The number of rotatable bonds is 7. The number of benzene rings is 3. The van der Waals surface area contributed by atoms with E-state index in [1.807, 2.05) is 60.7 Å². The summed E-state index contributed by atoms with van der Waals surface area (Å²) >= 11 is 5.93. The van der Waals surface area contributed by atoms with Crippen molar-refractivity contribution in [3.63, 3.8) is 0 Å². The lowest BCUT2D eigenvalue weighted by Gasteiger charge is -2.19. The maximum atomic E-state index is 9.48. The fraction of sp³-hybridized carbons (Fsp3) is 0.0500. The molecule has 26 heavy (non-hydrogen) atoms. The first-order valence-corrected chi connectivity index (χ1v) is 9.69. The van der Waals surface area contributed by atoms with Crippen molar-refractivity contribution in [2.24, 2.45) is 5.16 Å². The van der Waals surface area contributed by atoms with E-state index in [1.54, 1.807) is 24.3 Å². The fourth-order valence-corrected chi connectivity index (χ4v) is 3.72. The number of nitrogens with zero attached hydrogens (tertiary/aromatic N) is 1. The maximum Gasteiger partial charge on any atom is 0.296 e. The van der Waals surface area contributed by atoms with Crippen LogP contribution in [-0.2, 0) is 0 Å². The third-order valence-corrected chi connectivity index (χ3v) is 5.12. The van der Waals surface area contributed by atoms with Crippen molar-refractivity contribution >= 4 is 25.7 Å². The Bertz CT molecular complexity index is 800. The van der Waals surface area contributed by atoms with Crippen LogP contribution in [0.15, 0.2) is 90.1 Å². The van der Waals surface area contributed by atoms with Crippen molar-refractivity contribution in [3.8, 4) is 11.5 Å². The smallest absolute Gasteiger partial charge is 0.296 e. The van der Waals surface area contributed by atoms with Gasteiger partial charge in [-0.25, -0.2) is 0 Å². The van der Waals surface area contributed by atoms with Gasteiger partial charge in [0.1, 0.15) is 11.5 Å². The highest BCUT2D eigenvalue weighted by Crippen LogP contribution is 2.41. The van der Waals surface area contributed by atoms with Gasteiger partial charge in [-0.3, -0.25) is 0 Å². The van der Waals surface area contributed by atoms with Gasteiger partial charge in [0.25, 0.3) is 8.38 Å². The van der Waals surface area contributed by atoms with E-state index >= 15 is 0 Å². The average Bonchev–Trinajstić information content (AvgIpc) is 2.68. The lowest BCUT2D eigenvalue weighted by atomic mass is 10.1. The second-order valence-electron chi connectivity index (χ2n) is 5.35. The van der Waals surface area contributed by atoms with Crippen molar-refractivity contribution in [1.82, 2.24) is 0 Å². The zero-order valence-electron chi connectivity index (χ0n) is 13.8. The molecule has 3 aromatic carbocycles. The Morgan fingerprint density at radius 3 is 1.77 bits per heavy atom. The summed E-state index contributed by atoms with van der Waals surface area (Å²) in [4.78, 5) is 0. The molecule has 0 bridgehead atoms. The van der Waals surface area contributed by atoms with Gasteiger partial charge in [0.2, 0.25) is 0 Å². The summed E-state index contributed by atoms with van der Waals surface area (Å²) in [5, 5.41) is 13.5. The highest BCUT2D eigenvalue weighted by Gasteiger charge is 2.20. The number of hydrogen-bond donors (Lipinski definition) is 1. The predicted octanol–water partition coefficient (Wildman–Crippen LogP) is 5.99. The molecule has 6 heteroatoms. The quantitative estimate of drug-likeness (QED) is 0.235. The molecule has 0 aliphatic heterocycles. The van der Waals surface area contributed by atoms with Gasteiger partial charge in [-0.2, -0.15) is 0 Å². The molecule has 0 saturated carbocycles. The molecule has 0 aromatic heterocycles. The van der Waals surface area contributed by atoms with E-state index in [4.69, 9.17) is 20.6 Å². The van der Waals surface area contributed by atoms with Gasteiger partial charge in [-0.1, -0.05) is 65.3 Å². The first kappa shape index (κ1) is 18.2. The van der Waals surface area contributed by atoms with Crippen LogP contribution in [0.5, 0.6) is 11.5 Å². The summed E-state index contributed by atoms with van der Waals surface area (Å²) in [6.07, 6.45) is 0.317. The van der Waals surface area contributed by atoms with Gasteiger partial charge < -0.3 is 14.3 Å². The van der Waals surface area contributed by atoms with E-state index in [9.17, 15) is 5.21 Å². The molecule has 4 nitrogen and oxygen atoms in total. The zero-order chi connectivity index (χ0) is 18.2. The molecule has 0 radical (unpaired) electrons. The normalized spacial score (nSPS) is 11.4. The average molecular weight is 386 g/mol. The van der Waals surface area contributed by atoms with Crippen molar-refractivity contribution in [2.45, 2.75) is 0 Å². The number of halogens is 1. The van der Waals surface area contributed by atoms with E-state index in [0.717, 1.165) is 5.56 Å². The monoisotopic (exact) mass is 385 g/mol. The second-order valence-corrected chi connectivity index (χ2v) is 7.14. The molecule has 132 valence electrons. The van der Waals surface area contributed by atoms with E-state index < -0.39 is 8.38 Å². The van der Waals surface area contributed by atoms with Crippen LogP contribution in [-0.4, -0.2) is 17.1 Å². The van der Waals surface area contributed by atoms with Gasteiger partial charge in [0.15, 0.2) is 0 Å². The Morgan fingerprint density at radius 1 is 0.808 bits per heavy atom. The minimum absolute atomic E-state index is 0.317. The number of oxime groups is 1. The summed E-state index contributed by atoms with van der Waals surface area (Å²) < 4.78 is 12.0. The molecule has 0 saturated heterocycles. The lowest BCUT2D eigenvalue weighted by molar-refractivity contribution is 0.319. The van der Waals surface area contributed by atoms with Crippen LogP contribution < -0.4 is 9.05 Å². The third kappa shape index (κ3) is 5.22. The van der Waals surface area contributed by atoms with E-state index in [2.05, 4.69) is 5.16 Å². The molecule has 0 aliphatic rings. The summed E-state index contributed by atoms with van der Waals surface area (Å²) in [7, 11) is -1.41. The van der Waals surface area contributed by atoms with Gasteiger partial charge in [-0.05, 0) is 36.4 Å². The lowest BCUT2D eigenvalue weighted by Crippen LogP contribution is -2.11. The largest absolute Gasteiger partial charge is 0.438 e. The first-order chi connectivity index (χ1) is 12.7. The minimum atomic E-state index is -1.41. The van der Waals surface area contributed by atoms with Crippen molar-refractivity contribution in [2.75, 3.05) is 6.16 Å². The third-order valence-electron chi connectivity index (χ3n) is 3.48. The summed E-state index contributed by atoms with van der Waals surface area (Å²) in [6.45, 7) is 0. The Morgan fingerprint density at radius 2 is 1.31 bits per heavy atom. The van der Waals surface area contributed by atoms with E-state index in [1.165, 1.54) is 0 Å². The summed E-state index contributed by atoms with van der Waals surface area (Å²) in [5.41, 5.74) is 1.23. The summed E-state index contributed by atoms with van der Waals surface area (Å²) in [6, 6.07) is 26.0. The van der Waals surface area contributed by atoms with Crippen LogP contribution in [0.3, 0.4) is 0 Å². The van der Waals surface area contributed by atoms with Crippen LogP contribution in [0.2, 0.25) is 5.02 Å². The molecule has 0 aliphatic carbocycles. The Kier molecular flexibility index (Phi) is 6.48. The van der Waals surface area contributed by atoms with Crippen LogP contribution in [0.25, 0.3) is 0 Å². The van der Waals surface area contributed by atoms with E-state index in [-0.39, 0.29) is 0 Å². The Hall–Kier alpha value is -2.55. The van der Waals surface area contributed by atoms with Crippen molar-refractivity contribution < 1.29 is 14.3 Å². The molecule has 1 N–H and O–H groups in total. The Balaban J connectivity index is 1.80. The van der Waals surface area contributed by atoms with Crippen LogP contribution in [0, 0.1) is 0 Å². The molecular weight excluding hydrogens is 369 g/mol. The highest BCUT2D eigenvalue weighted by molar-refractivity contribution is 7.49. The maximum absolute atomic E-state index is 9.48. The SMILES string of the molecule is ON=C(CP(Oc1ccccc1)Oc1ccccc1)c1ccc(Cl)cc1. The number of para-hydroxylation sites is 2. The van der Waals surface area contributed by atoms with Gasteiger partial charge in [0.05, 0.1) is 11.9 Å². The zero-order valence-corrected chi connectivity index (χ0v) is 15.5. The molecule has 3 aromatic rings. The highest BCUT2D eigenvalue weighted by atomic mass is 35.5. The van der Waals surface area contributed by atoms with Gasteiger partial charge in [0, 0.05) is 10.6 Å². The molecule has 0 spiro atoms. The molecule has 0 heterocycles. The molecule has 0 unspecified atom stereocenters. The van der Waals surface area contributed by atoms with Gasteiger partial charge >= 0.3 is 0 Å². The molecule has 3 rings (SSSR count). The summed E-state index contributed by atoms with van der Waals surface area (Å²) in [5.74, 6) is 1.39. The Labute approximate surface area is 158 Å². The topological polar surface area (TPSA) is 51.1 Å². The molecular formula is C20H17ClNO3P. The molecule has 0 atom stereocenters. The van der Waals surface area contributed by atoms with Crippen LogP contribution in [0.1, 0.15) is 5.56 Å². The van der Waals surface area contributed by atoms with E-state index in [0.29, 0.717) is 28.4 Å². The first-order valence-electron chi connectivity index (χ1n) is 7.95. The molecule has 0 amide bonds. The minimum Gasteiger partial charge on any atom is -0.438 e. The van der Waals surface area contributed by atoms with Gasteiger partial charge in [-0.15, -0.1) is 0 Å². The predicted molar refractivity (Wildman–Crippen MR) is 106 cm³/mol. The van der Waals surface area contributed by atoms with Crippen LogP contribution >= 0.6 is 20.0 Å². The molecule has 0 fully saturated rings. The standard InChI is InChI=1S/C20H17ClNO3P/c21-17-13-11-16(12-14-17)20(22-23)15-26(24-18-7-3-1-4-8-18)25-19-9-5-2-6-10-19/h1-14,23H,15H2. The fourth-order valence-electron chi connectivity index (χ4n) is 2.23. The number of hydrogen-bond acceptors (Lipinski definition) is 4.